The van der Waals surface area contributed by atoms with E-state index in [1.54, 1.807) is 24.3 Å². The Kier molecular flexibility index (Phi) is 7.21. The van der Waals surface area contributed by atoms with Gasteiger partial charge in [-0.1, -0.05) is 12.1 Å². The number of rotatable bonds is 9. The van der Waals surface area contributed by atoms with Crippen LogP contribution in [-0.2, 0) is 29.0 Å². The molecule has 11 nitrogen and oxygen atoms in total. The summed E-state index contributed by atoms with van der Waals surface area (Å²) in [6.07, 6.45) is 0.800. The SMILES string of the molecule is Nc1nc2c(c(=O)[nH]1)CN(CCc1ccc(C(=O)N[C@@H](CCC(=O)O)C(=O)O)cc1)CC2. The number of carbonyl (C=O) groups is 3. The fraction of sp³-hybridized carbons (Fsp3) is 0.381. The number of nitrogens with zero attached hydrogens (tertiary/aromatic N) is 2. The third-order valence-electron chi connectivity index (χ3n) is 5.35. The molecule has 0 aliphatic carbocycles. The van der Waals surface area contributed by atoms with Crippen LogP contribution in [0.2, 0.25) is 0 Å². The number of hydrogen-bond donors (Lipinski definition) is 5. The molecule has 170 valence electrons. The number of carbonyl (C=O) groups excluding carboxylic acids is 1. The summed E-state index contributed by atoms with van der Waals surface area (Å²) in [5, 5.41) is 20.2. The maximum Gasteiger partial charge on any atom is 0.326 e. The highest BCUT2D eigenvalue weighted by Gasteiger charge is 2.22. The second kappa shape index (κ2) is 10.1. The number of aliphatic carboxylic acids is 2. The average Bonchev–Trinajstić information content (AvgIpc) is 2.75. The Bertz CT molecular complexity index is 1070. The summed E-state index contributed by atoms with van der Waals surface area (Å²) < 4.78 is 0. The van der Waals surface area contributed by atoms with Crippen LogP contribution in [-0.4, -0.2) is 62.1 Å². The zero-order valence-corrected chi connectivity index (χ0v) is 17.3. The van der Waals surface area contributed by atoms with Crippen LogP contribution in [0.4, 0.5) is 5.95 Å². The fourth-order valence-corrected chi connectivity index (χ4v) is 3.57. The lowest BCUT2D eigenvalue weighted by Gasteiger charge is -2.27. The number of benzene rings is 1. The Morgan fingerprint density at radius 3 is 2.59 bits per heavy atom. The zero-order valence-electron chi connectivity index (χ0n) is 17.3. The maximum absolute atomic E-state index is 12.3. The molecule has 2 heterocycles. The number of nitrogens with one attached hydrogen (secondary N) is 2. The molecule has 3 rings (SSSR count). The smallest absolute Gasteiger partial charge is 0.326 e. The van der Waals surface area contributed by atoms with Crippen molar-refractivity contribution in [2.45, 2.75) is 38.3 Å². The lowest BCUT2D eigenvalue weighted by molar-refractivity contribution is -0.140. The van der Waals surface area contributed by atoms with Gasteiger partial charge in [-0.3, -0.25) is 24.3 Å². The number of aromatic nitrogens is 2. The first kappa shape index (κ1) is 22.9. The Morgan fingerprint density at radius 2 is 1.94 bits per heavy atom. The van der Waals surface area contributed by atoms with Crippen molar-refractivity contribution in [1.82, 2.24) is 20.2 Å². The summed E-state index contributed by atoms with van der Waals surface area (Å²) >= 11 is 0. The lowest BCUT2D eigenvalue weighted by atomic mass is 10.0. The van der Waals surface area contributed by atoms with Gasteiger partial charge < -0.3 is 21.3 Å². The molecule has 0 saturated carbocycles. The van der Waals surface area contributed by atoms with Crippen molar-refractivity contribution < 1.29 is 24.6 Å². The van der Waals surface area contributed by atoms with Gasteiger partial charge in [-0.25, -0.2) is 9.78 Å². The molecular weight excluding hydrogens is 418 g/mol. The minimum atomic E-state index is -1.28. The molecule has 0 unspecified atom stereocenters. The molecule has 1 atom stereocenters. The Balaban J connectivity index is 1.54. The van der Waals surface area contributed by atoms with Gasteiger partial charge >= 0.3 is 11.9 Å². The molecule has 1 aliphatic rings. The summed E-state index contributed by atoms with van der Waals surface area (Å²) in [7, 11) is 0. The van der Waals surface area contributed by atoms with Crippen molar-refractivity contribution in [2.24, 2.45) is 0 Å². The Labute approximate surface area is 183 Å². The van der Waals surface area contributed by atoms with E-state index >= 15 is 0 Å². The van der Waals surface area contributed by atoms with Crippen molar-refractivity contribution in [3.8, 4) is 0 Å². The van der Waals surface area contributed by atoms with E-state index in [4.69, 9.17) is 15.9 Å². The molecular formula is C21H25N5O6. The normalized spacial score (nSPS) is 14.4. The number of anilines is 1. The number of carboxylic acid groups (broad SMARTS) is 2. The molecule has 0 saturated heterocycles. The number of nitrogen functional groups attached to an aromatic ring is 1. The largest absolute Gasteiger partial charge is 0.481 e. The number of hydrogen-bond acceptors (Lipinski definition) is 7. The molecule has 1 amide bonds. The van der Waals surface area contributed by atoms with Crippen molar-refractivity contribution in [3.05, 3.63) is 57.0 Å². The highest BCUT2D eigenvalue weighted by molar-refractivity contribution is 5.96. The van der Waals surface area contributed by atoms with E-state index < -0.39 is 23.9 Å². The molecule has 2 aromatic rings. The second-order valence-corrected chi connectivity index (χ2v) is 7.65. The fourth-order valence-electron chi connectivity index (χ4n) is 3.57. The van der Waals surface area contributed by atoms with E-state index in [2.05, 4.69) is 20.2 Å². The van der Waals surface area contributed by atoms with E-state index in [0.29, 0.717) is 31.5 Å². The van der Waals surface area contributed by atoms with Gasteiger partial charge in [0.05, 0.1) is 11.3 Å². The van der Waals surface area contributed by atoms with Crippen LogP contribution in [0.25, 0.3) is 0 Å². The standard InChI is InChI=1S/C21H25N5O6/c22-21-24-15-8-10-26(11-14(15)19(30)25-21)9-7-12-1-3-13(4-2-12)18(29)23-16(20(31)32)5-6-17(27)28/h1-4,16H,5-11H2,(H,23,29)(H,27,28)(H,31,32)(H3,22,24,25,30)/t16-/m0/s1. The summed E-state index contributed by atoms with van der Waals surface area (Å²) in [6.45, 7) is 1.97. The van der Waals surface area contributed by atoms with Gasteiger partial charge in [0.25, 0.3) is 11.5 Å². The third kappa shape index (κ3) is 5.91. The van der Waals surface area contributed by atoms with Crippen molar-refractivity contribution in [1.29, 1.82) is 0 Å². The first-order valence-electron chi connectivity index (χ1n) is 10.2. The average molecular weight is 443 g/mol. The third-order valence-corrected chi connectivity index (χ3v) is 5.35. The molecule has 0 spiro atoms. The van der Waals surface area contributed by atoms with Crippen molar-refractivity contribution in [2.75, 3.05) is 18.8 Å². The second-order valence-electron chi connectivity index (χ2n) is 7.65. The summed E-state index contributed by atoms with van der Waals surface area (Å²) in [5.41, 5.74) is 8.02. The molecule has 1 aliphatic heterocycles. The molecule has 0 bridgehead atoms. The van der Waals surface area contributed by atoms with Gasteiger partial charge in [-0.05, 0) is 30.5 Å². The number of nitrogens with two attached hydrogens (primary N) is 1. The lowest BCUT2D eigenvalue weighted by Crippen LogP contribution is -2.41. The predicted molar refractivity (Wildman–Crippen MR) is 114 cm³/mol. The van der Waals surface area contributed by atoms with Gasteiger partial charge in [0.1, 0.15) is 6.04 Å². The van der Waals surface area contributed by atoms with Crippen LogP contribution in [0, 0.1) is 0 Å². The van der Waals surface area contributed by atoms with Crippen LogP contribution in [0.5, 0.6) is 0 Å². The summed E-state index contributed by atoms with van der Waals surface area (Å²) in [6, 6.07) is 5.50. The van der Waals surface area contributed by atoms with Gasteiger partial charge in [0.2, 0.25) is 5.95 Å². The monoisotopic (exact) mass is 443 g/mol. The molecule has 1 aromatic carbocycles. The number of fused-ring (bicyclic) bond motifs is 1. The van der Waals surface area contributed by atoms with Gasteiger partial charge in [0, 0.05) is 38.0 Å². The van der Waals surface area contributed by atoms with Gasteiger partial charge in [0.15, 0.2) is 0 Å². The predicted octanol–water partition coefficient (Wildman–Crippen LogP) is 0.000700. The molecule has 11 heteroatoms. The quantitative estimate of drug-likeness (QED) is 0.357. The van der Waals surface area contributed by atoms with E-state index in [1.165, 1.54) is 0 Å². The minimum absolute atomic E-state index is 0.128. The van der Waals surface area contributed by atoms with E-state index in [0.717, 1.165) is 17.8 Å². The molecule has 0 radical (unpaired) electrons. The Morgan fingerprint density at radius 1 is 1.22 bits per heavy atom. The first-order chi connectivity index (χ1) is 15.2. The van der Waals surface area contributed by atoms with Crippen molar-refractivity contribution >= 4 is 23.8 Å². The Hall–Kier alpha value is -3.73. The summed E-state index contributed by atoms with van der Waals surface area (Å²) in [5.74, 6) is -2.86. The molecule has 6 N–H and O–H groups in total. The van der Waals surface area contributed by atoms with Crippen molar-refractivity contribution in [3.63, 3.8) is 0 Å². The summed E-state index contributed by atoms with van der Waals surface area (Å²) in [4.78, 5) is 55.2. The number of H-pyrrole nitrogens is 1. The highest BCUT2D eigenvalue weighted by Crippen LogP contribution is 2.15. The van der Waals surface area contributed by atoms with E-state index in [9.17, 15) is 19.2 Å². The number of carboxylic acids is 2. The molecule has 32 heavy (non-hydrogen) atoms. The zero-order chi connectivity index (χ0) is 23.3. The molecule has 1 aromatic heterocycles. The van der Waals surface area contributed by atoms with E-state index in [1.807, 2.05) is 0 Å². The van der Waals surface area contributed by atoms with Gasteiger partial charge in [-0.2, -0.15) is 0 Å². The first-order valence-corrected chi connectivity index (χ1v) is 10.2. The molecule has 0 fully saturated rings. The van der Waals surface area contributed by atoms with Crippen LogP contribution in [0.3, 0.4) is 0 Å². The van der Waals surface area contributed by atoms with E-state index in [-0.39, 0.29) is 29.9 Å². The van der Waals surface area contributed by atoms with Crippen LogP contribution in [0.15, 0.2) is 29.1 Å². The number of aromatic amines is 1. The van der Waals surface area contributed by atoms with Crippen LogP contribution in [0.1, 0.15) is 40.0 Å². The minimum Gasteiger partial charge on any atom is -0.481 e. The van der Waals surface area contributed by atoms with Crippen LogP contribution < -0.4 is 16.6 Å². The van der Waals surface area contributed by atoms with Gasteiger partial charge in [-0.15, -0.1) is 0 Å². The van der Waals surface area contributed by atoms with Crippen LogP contribution >= 0.6 is 0 Å². The maximum atomic E-state index is 12.3. The topological polar surface area (TPSA) is 179 Å². The highest BCUT2D eigenvalue weighted by atomic mass is 16.4. The number of amides is 1.